The molecule has 1 aliphatic rings. The lowest BCUT2D eigenvalue weighted by Gasteiger charge is -2.31. The number of para-hydroxylation sites is 1. The van der Waals surface area contributed by atoms with E-state index in [2.05, 4.69) is 39.8 Å². The number of fused-ring (bicyclic) bond motifs is 1. The number of nitrogens with one attached hydrogen (secondary N) is 1. The van der Waals surface area contributed by atoms with Crippen LogP contribution in [0.3, 0.4) is 0 Å². The number of hydrogen-bond acceptors (Lipinski definition) is 12. The summed E-state index contributed by atoms with van der Waals surface area (Å²) in [5.74, 6) is 1.47. The van der Waals surface area contributed by atoms with Crippen molar-refractivity contribution in [2.75, 3.05) is 18.9 Å². The summed E-state index contributed by atoms with van der Waals surface area (Å²) in [6, 6.07) is 16.4. The monoisotopic (exact) mass is 862 g/mol. The van der Waals surface area contributed by atoms with Gasteiger partial charge in [-0.2, -0.15) is 19.4 Å². The zero-order valence-corrected chi connectivity index (χ0v) is 36.2. The molecule has 61 heavy (non-hydrogen) atoms. The summed E-state index contributed by atoms with van der Waals surface area (Å²) in [7, 11) is -4.55. The topological polar surface area (TPSA) is 179 Å². The Kier molecular flexibility index (Phi) is 18.5. The van der Waals surface area contributed by atoms with E-state index in [1.165, 1.54) is 17.3 Å². The van der Waals surface area contributed by atoms with Gasteiger partial charge in [0.25, 0.3) is 0 Å². The van der Waals surface area contributed by atoms with E-state index in [1.54, 1.807) is 30.3 Å². The number of carbonyl (C=O) groups excluding carboxylic acids is 2. The molecule has 330 valence electrons. The van der Waals surface area contributed by atoms with E-state index in [0.717, 1.165) is 69.8 Å². The maximum atomic E-state index is 15.1. The number of anilines is 1. The molecule has 1 saturated heterocycles. The largest absolute Gasteiger partial charge is 0.465 e. The van der Waals surface area contributed by atoms with Crippen LogP contribution in [0.25, 0.3) is 11.2 Å². The van der Waals surface area contributed by atoms with Crippen LogP contribution >= 0.6 is 7.75 Å². The van der Waals surface area contributed by atoms with Crippen molar-refractivity contribution in [1.29, 1.82) is 0 Å². The highest BCUT2D eigenvalue weighted by molar-refractivity contribution is 7.52. The maximum absolute atomic E-state index is 15.1. The molecule has 0 radical (unpaired) electrons. The van der Waals surface area contributed by atoms with Gasteiger partial charge >= 0.3 is 25.8 Å². The second-order valence-electron chi connectivity index (χ2n) is 15.4. The van der Waals surface area contributed by atoms with Crippen LogP contribution in [0.2, 0.25) is 0 Å². The third-order valence-corrected chi connectivity index (χ3v) is 12.1. The van der Waals surface area contributed by atoms with Gasteiger partial charge < -0.3 is 24.5 Å². The van der Waals surface area contributed by atoms with Crippen molar-refractivity contribution in [3.05, 3.63) is 78.6 Å². The smallest absolute Gasteiger partial charge is 0.459 e. The van der Waals surface area contributed by atoms with E-state index in [-0.39, 0.29) is 48.6 Å². The average Bonchev–Trinajstić information content (AvgIpc) is 3.84. The number of carbonyl (C=O) groups is 2. The Morgan fingerprint density at radius 2 is 1.61 bits per heavy atom. The van der Waals surface area contributed by atoms with Crippen molar-refractivity contribution in [3.63, 3.8) is 0 Å². The van der Waals surface area contributed by atoms with Crippen LogP contribution in [-0.2, 0) is 39.3 Å². The molecule has 3 N–H and O–H groups in total. The number of ether oxygens (including phenoxy) is 3. The van der Waals surface area contributed by atoms with Crippen LogP contribution < -0.4 is 15.3 Å². The van der Waals surface area contributed by atoms with Crippen LogP contribution in [-0.4, -0.2) is 62.4 Å². The fourth-order valence-electron chi connectivity index (χ4n) is 7.18. The number of esters is 2. The first-order valence-corrected chi connectivity index (χ1v) is 23.1. The molecule has 5 rings (SSSR count). The lowest BCUT2D eigenvalue weighted by atomic mass is 9.98. The van der Waals surface area contributed by atoms with Gasteiger partial charge in [-0.25, -0.2) is 9.55 Å². The quantitative estimate of drug-likeness (QED) is 0.0191. The summed E-state index contributed by atoms with van der Waals surface area (Å²) in [6.45, 7) is 3.87. The van der Waals surface area contributed by atoms with E-state index in [9.17, 15) is 14.0 Å². The first kappa shape index (κ1) is 47.2. The molecule has 1 fully saturated rings. The van der Waals surface area contributed by atoms with Gasteiger partial charge in [0, 0.05) is 12.8 Å². The Morgan fingerprint density at radius 1 is 0.967 bits per heavy atom. The highest BCUT2D eigenvalue weighted by Crippen LogP contribution is 2.49. The first-order chi connectivity index (χ1) is 29.6. The predicted molar refractivity (Wildman–Crippen MR) is 231 cm³/mol. The standard InChI is InChI=1S/C45H60FN6O8P/c1-4-7-9-11-13-14-22-28-39(53)58-37-31-38(52-33-48-40-41(47)49-44(46)50-42(40)52)59-45(37,6-3)32-57-61(55,60-35-26-20-17-21-27-35)51-36(30-34-24-18-16-19-25-34)43(54)56-29-23-15-12-10-8-5-2/h3,16-21,24-27,33,36-38H,4-5,7-15,22-23,28-32H2,1-2H3,(H,51,55)(H2,47,49,50)/t36-,37-,38+,45+,61-/m0/s1. The number of hydrogen-bond donors (Lipinski definition) is 2. The van der Waals surface area contributed by atoms with Crippen molar-refractivity contribution in [1.82, 2.24) is 24.6 Å². The number of nitrogen functional groups attached to an aromatic ring is 1. The van der Waals surface area contributed by atoms with E-state index in [1.807, 2.05) is 30.3 Å². The second kappa shape index (κ2) is 23.9. The van der Waals surface area contributed by atoms with E-state index in [4.69, 9.17) is 35.4 Å². The predicted octanol–water partition coefficient (Wildman–Crippen LogP) is 9.20. The molecule has 2 aromatic heterocycles. The van der Waals surface area contributed by atoms with Crippen molar-refractivity contribution in [2.24, 2.45) is 0 Å². The summed E-state index contributed by atoms with van der Waals surface area (Å²) in [5.41, 5.74) is 5.01. The van der Waals surface area contributed by atoms with Gasteiger partial charge in [0.15, 0.2) is 22.6 Å². The van der Waals surface area contributed by atoms with E-state index in [0.29, 0.717) is 12.8 Å². The van der Waals surface area contributed by atoms with Gasteiger partial charge in [-0.1, -0.05) is 139 Å². The molecule has 5 atom stereocenters. The minimum Gasteiger partial charge on any atom is -0.465 e. The van der Waals surface area contributed by atoms with Gasteiger partial charge in [0.05, 0.1) is 12.9 Å². The summed E-state index contributed by atoms with van der Waals surface area (Å²) in [6.07, 6.45) is 17.6. The summed E-state index contributed by atoms with van der Waals surface area (Å²) < 4.78 is 61.4. The molecule has 2 aromatic carbocycles. The van der Waals surface area contributed by atoms with Crippen molar-refractivity contribution < 1.29 is 41.8 Å². The molecule has 0 bridgehead atoms. The number of nitrogens with zero attached hydrogens (tertiary/aromatic N) is 4. The number of rotatable bonds is 27. The Balaban J connectivity index is 1.40. The number of halogens is 1. The fourth-order valence-corrected chi connectivity index (χ4v) is 8.70. The van der Waals surface area contributed by atoms with Gasteiger partial charge in [-0.05, 0) is 37.0 Å². The minimum absolute atomic E-state index is 0.0277. The summed E-state index contributed by atoms with van der Waals surface area (Å²) in [5, 5.41) is 2.86. The lowest BCUT2D eigenvalue weighted by molar-refractivity contribution is -0.158. The SMILES string of the molecule is C#C[C@]1(CO[P@@](=O)(N[C@@H](Cc2ccccc2)C(=O)OCCCCCCCC)Oc2ccccc2)O[C@@H](n2cnc3c(N)nc(F)nc32)C[C@@H]1OC(=O)CCCCCCCCC. The molecule has 0 unspecified atom stereocenters. The van der Waals surface area contributed by atoms with Crippen molar-refractivity contribution in [3.8, 4) is 18.1 Å². The van der Waals surface area contributed by atoms with E-state index < -0.39 is 56.3 Å². The Bertz CT molecular complexity index is 2070. The molecule has 16 heteroatoms. The summed E-state index contributed by atoms with van der Waals surface area (Å²) >= 11 is 0. The van der Waals surface area contributed by atoms with E-state index >= 15 is 4.57 Å². The highest BCUT2D eigenvalue weighted by atomic mass is 31.2. The fraction of sp³-hybridized carbons (Fsp3) is 0.533. The van der Waals surface area contributed by atoms with Gasteiger partial charge in [-0.15, -0.1) is 6.42 Å². The normalized spacial score (nSPS) is 18.9. The average molecular weight is 863 g/mol. The third kappa shape index (κ3) is 14.1. The molecule has 0 saturated carbocycles. The molecular weight excluding hydrogens is 803 g/mol. The number of unbranched alkanes of at least 4 members (excludes halogenated alkanes) is 11. The lowest BCUT2D eigenvalue weighted by Crippen LogP contribution is -2.46. The second-order valence-corrected chi connectivity index (χ2v) is 17.1. The molecule has 1 aliphatic heterocycles. The van der Waals surface area contributed by atoms with Crippen LogP contribution in [0.1, 0.15) is 122 Å². The zero-order valence-electron chi connectivity index (χ0n) is 35.3. The Hall–Kier alpha value is -4.87. The molecule has 4 aromatic rings. The Morgan fingerprint density at radius 3 is 2.28 bits per heavy atom. The molecule has 14 nitrogen and oxygen atoms in total. The van der Waals surface area contributed by atoms with Crippen LogP contribution in [0.4, 0.5) is 10.2 Å². The van der Waals surface area contributed by atoms with Gasteiger partial charge in [0.1, 0.15) is 30.7 Å². The molecule has 0 aliphatic carbocycles. The van der Waals surface area contributed by atoms with Gasteiger partial charge in [0.2, 0.25) is 0 Å². The van der Waals surface area contributed by atoms with Crippen molar-refractivity contribution >= 4 is 36.7 Å². The number of terminal acetylenes is 1. The number of nitrogens with two attached hydrogens (primary N) is 1. The third-order valence-electron chi connectivity index (χ3n) is 10.6. The molecule has 0 amide bonds. The summed E-state index contributed by atoms with van der Waals surface area (Å²) in [4.78, 5) is 38.9. The Labute approximate surface area is 358 Å². The highest BCUT2D eigenvalue weighted by Gasteiger charge is 2.53. The van der Waals surface area contributed by atoms with Crippen LogP contribution in [0.5, 0.6) is 5.75 Å². The number of imidazole rings is 1. The molecule has 0 spiro atoms. The first-order valence-electron chi connectivity index (χ1n) is 21.6. The number of aromatic nitrogens is 4. The van der Waals surface area contributed by atoms with Crippen LogP contribution in [0, 0.1) is 18.4 Å². The van der Waals surface area contributed by atoms with Gasteiger partial charge in [-0.3, -0.25) is 18.7 Å². The molecule has 3 heterocycles. The van der Waals surface area contributed by atoms with Crippen molar-refractivity contribution in [2.45, 2.75) is 141 Å². The zero-order chi connectivity index (χ0) is 43.5. The minimum atomic E-state index is -4.55. The van der Waals surface area contributed by atoms with Crippen LogP contribution in [0.15, 0.2) is 67.0 Å². The molecular formula is C45H60FN6O8P. The number of benzene rings is 2. The maximum Gasteiger partial charge on any atom is 0.459 e.